The molecular weight excluding hydrogens is 138 g/mol. The van der Waals surface area contributed by atoms with Crippen molar-refractivity contribution in [2.24, 2.45) is 0 Å². The highest BCUT2D eigenvalue weighted by atomic mass is 14.9. The Morgan fingerprint density at radius 3 is 2.91 bits per heavy atom. The average molecular weight is 147 g/mol. The summed E-state index contributed by atoms with van der Waals surface area (Å²) >= 11 is 0. The molecule has 0 aliphatic rings. The zero-order chi connectivity index (χ0) is 8.27. The second-order valence-corrected chi connectivity index (χ2v) is 2.18. The lowest BCUT2D eigenvalue weighted by atomic mass is 10.2. The molecule has 0 atom stereocenters. The van der Waals surface area contributed by atoms with Crippen LogP contribution in [0.4, 0.5) is 11.6 Å². The van der Waals surface area contributed by atoms with Crippen LogP contribution in [0.25, 0.3) is 4.85 Å². The molecule has 0 aliphatic heterocycles. The third-order valence-corrected chi connectivity index (χ3v) is 1.46. The quantitative estimate of drug-likeness (QED) is 0.615. The summed E-state index contributed by atoms with van der Waals surface area (Å²) in [5.41, 5.74) is 6.36. The first kappa shape index (κ1) is 7.55. The van der Waals surface area contributed by atoms with Gasteiger partial charge >= 0.3 is 0 Å². The number of nitrogens with zero attached hydrogens (tertiary/aromatic N) is 2. The van der Waals surface area contributed by atoms with Gasteiger partial charge in [0, 0.05) is 6.07 Å². The molecule has 1 aromatic heterocycles. The molecule has 11 heavy (non-hydrogen) atoms. The van der Waals surface area contributed by atoms with Crippen molar-refractivity contribution < 1.29 is 0 Å². The summed E-state index contributed by atoms with van der Waals surface area (Å²) in [6, 6.07) is 3.56. The smallest absolute Gasteiger partial charge is 0.274 e. The van der Waals surface area contributed by atoms with Crippen LogP contribution in [0, 0.1) is 6.57 Å². The molecule has 0 fully saturated rings. The van der Waals surface area contributed by atoms with Gasteiger partial charge in [-0.3, -0.25) is 0 Å². The van der Waals surface area contributed by atoms with Gasteiger partial charge in [-0.1, -0.05) is 19.6 Å². The second kappa shape index (κ2) is 3.02. The number of hydrogen-bond acceptors (Lipinski definition) is 2. The Bertz CT molecular complexity index is 299. The Balaban J connectivity index is 3.19. The van der Waals surface area contributed by atoms with E-state index >= 15 is 0 Å². The summed E-state index contributed by atoms with van der Waals surface area (Å²) in [5.74, 6) is 0.834. The minimum absolute atomic E-state index is 0.410. The van der Waals surface area contributed by atoms with E-state index in [1.807, 2.05) is 13.0 Å². The molecule has 0 amide bonds. The van der Waals surface area contributed by atoms with Crippen molar-refractivity contribution in [3.8, 4) is 0 Å². The molecule has 3 nitrogen and oxygen atoms in total. The molecule has 0 saturated heterocycles. The van der Waals surface area contributed by atoms with Crippen LogP contribution >= 0.6 is 0 Å². The van der Waals surface area contributed by atoms with Crippen molar-refractivity contribution in [3.05, 3.63) is 29.1 Å². The zero-order valence-corrected chi connectivity index (χ0v) is 6.33. The minimum atomic E-state index is 0.410. The Morgan fingerprint density at radius 2 is 2.36 bits per heavy atom. The van der Waals surface area contributed by atoms with Gasteiger partial charge in [-0.05, 0) is 12.0 Å². The first-order valence-electron chi connectivity index (χ1n) is 3.40. The zero-order valence-electron chi connectivity index (χ0n) is 6.33. The van der Waals surface area contributed by atoms with Crippen LogP contribution < -0.4 is 5.73 Å². The van der Waals surface area contributed by atoms with E-state index in [1.165, 1.54) is 0 Å². The monoisotopic (exact) mass is 147 g/mol. The van der Waals surface area contributed by atoms with Gasteiger partial charge in [0.1, 0.15) is 0 Å². The molecule has 0 radical (unpaired) electrons. The molecule has 0 unspecified atom stereocenters. The predicted molar refractivity (Wildman–Crippen MR) is 44.3 cm³/mol. The lowest BCUT2D eigenvalue weighted by Crippen LogP contribution is -1.91. The lowest BCUT2D eigenvalue weighted by molar-refractivity contribution is 1.12. The van der Waals surface area contributed by atoms with Gasteiger partial charge in [0.05, 0.1) is 0 Å². The molecule has 2 N–H and O–H groups in total. The van der Waals surface area contributed by atoms with Crippen molar-refractivity contribution >= 4 is 11.6 Å². The maximum absolute atomic E-state index is 6.79. The van der Waals surface area contributed by atoms with Crippen molar-refractivity contribution in [2.75, 3.05) is 5.73 Å². The van der Waals surface area contributed by atoms with Crippen molar-refractivity contribution in [1.82, 2.24) is 4.98 Å². The van der Waals surface area contributed by atoms with E-state index in [0.29, 0.717) is 11.6 Å². The van der Waals surface area contributed by atoms with E-state index in [2.05, 4.69) is 9.83 Å². The molecule has 56 valence electrons. The molecule has 1 rings (SSSR count). The number of nitrogens with two attached hydrogens (primary N) is 1. The largest absolute Gasteiger partial charge is 0.364 e. The van der Waals surface area contributed by atoms with Crippen molar-refractivity contribution in [2.45, 2.75) is 13.3 Å². The predicted octanol–water partition coefficient (Wildman–Crippen LogP) is 1.78. The molecule has 0 spiro atoms. The summed E-state index contributed by atoms with van der Waals surface area (Å²) in [4.78, 5) is 7.15. The number of pyridine rings is 1. The summed E-state index contributed by atoms with van der Waals surface area (Å²) < 4.78 is 0. The van der Waals surface area contributed by atoms with Crippen LogP contribution in [0.2, 0.25) is 0 Å². The van der Waals surface area contributed by atoms with Crippen LogP contribution in [0.5, 0.6) is 0 Å². The molecule has 1 heterocycles. The molecular formula is C8H9N3. The summed E-state index contributed by atoms with van der Waals surface area (Å²) in [5, 5.41) is 0. The first-order chi connectivity index (χ1) is 5.27. The summed E-state index contributed by atoms with van der Waals surface area (Å²) in [6.45, 7) is 8.78. The fraction of sp³-hybridized carbons (Fsp3) is 0.250. The number of aryl methyl sites for hydroxylation is 1. The third-order valence-electron chi connectivity index (χ3n) is 1.46. The van der Waals surface area contributed by atoms with Crippen LogP contribution in [-0.2, 0) is 6.42 Å². The number of nitrogen functional groups attached to an aromatic ring is 1. The van der Waals surface area contributed by atoms with Crippen molar-refractivity contribution in [1.29, 1.82) is 0 Å². The number of aromatic nitrogens is 1. The minimum Gasteiger partial charge on any atom is -0.364 e. The van der Waals surface area contributed by atoms with Gasteiger partial charge in [-0.25, -0.2) is 0 Å². The van der Waals surface area contributed by atoms with E-state index in [9.17, 15) is 0 Å². The molecule has 0 aliphatic carbocycles. The number of rotatable bonds is 1. The van der Waals surface area contributed by atoms with Gasteiger partial charge in [0.2, 0.25) is 5.82 Å². The van der Waals surface area contributed by atoms with E-state index in [0.717, 1.165) is 12.0 Å². The molecule has 0 bridgehead atoms. The van der Waals surface area contributed by atoms with Gasteiger partial charge in [0.15, 0.2) is 0 Å². The fourth-order valence-electron chi connectivity index (χ4n) is 0.865. The normalized spacial score (nSPS) is 9.09. The SMILES string of the molecule is [C-]#[N+]c1nc(N)ccc1CC. The van der Waals surface area contributed by atoms with Crippen LogP contribution in [0.3, 0.4) is 0 Å². The average Bonchev–Trinajstić information content (AvgIpc) is 2.04. The molecule has 0 aromatic carbocycles. The van der Waals surface area contributed by atoms with E-state index in [1.54, 1.807) is 6.07 Å². The maximum atomic E-state index is 6.79. The van der Waals surface area contributed by atoms with E-state index in [4.69, 9.17) is 12.3 Å². The second-order valence-electron chi connectivity index (χ2n) is 2.18. The van der Waals surface area contributed by atoms with Crippen molar-refractivity contribution in [3.63, 3.8) is 0 Å². The van der Waals surface area contributed by atoms with Crippen LogP contribution in [0.1, 0.15) is 12.5 Å². The number of anilines is 1. The number of hydrogen-bond donors (Lipinski definition) is 1. The topological polar surface area (TPSA) is 43.3 Å². The Labute approximate surface area is 65.7 Å². The van der Waals surface area contributed by atoms with E-state index in [-0.39, 0.29) is 0 Å². The highest BCUT2D eigenvalue weighted by Crippen LogP contribution is 2.17. The van der Waals surface area contributed by atoms with Gasteiger partial charge < -0.3 is 10.6 Å². The standard InChI is InChI=1S/C8H9N3/c1-3-6-4-5-7(9)11-8(6)10-2/h4-5H,3H2,1H3,(H2,9,11). The fourth-order valence-corrected chi connectivity index (χ4v) is 0.865. The van der Waals surface area contributed by atoms with Crippen LogP contribution in [0.15, 0.2) is 12.1 Å². The summed E-state index contributed by atoms with van der Waals surface area (Å²) in [6.07, 6.45) is 0.824. The molecule has 3 heteroatoms. The third kappa shape index (κ3) is 1.47. The highest BCUT2D eigenvalue weighted by Gasteiger charge is 2.02. The Morgan fingerprint density at radius 1 is 1.64 bits per heavy atom. The Hall–Kier alpha value is -1.56. The lowest BCUT2D eigenvalue weighted by Gasteiger charge is -1.97. The van der Waals surface area contributed by atoms with E-state index < -0.39 is 0 Å². The van der Waals surface area contributed by atoms with Gasteiger partial charge in [-0.15, -0.1) is 4.98 Å². The first-order valence-corrected chi connectivity index (χ1v) is 3.40. The summed E-state index contributed by atoms with van der Waals surface area (Å²) in [7, 11) is 0. The Kier molecular flexibility index (Phi) is 2.07. The highest BCUT2D eigenvalue weighted by molar-refractivity contribution is 5.50. The van der Waals surface area contributed by atoms with Gasteiger partial charge in [-0.2, -0.15) is 0 Å². The van der Waals surface area contributed by atoms with Gasteiger partial charge in [0.25, 0.3) is 5.82 Å². The molecule has 0 saturated carbocycles. The van der Waals surface area contributed by atoms with Crippen LogP contribution in [-0.4, -0.2) is 4.98 Å². The molecule has 1 aromatic rings. The maximum Gasteiger partial charge on any atom is 0.274 e.